The summed E-state index contributed by atoms with van der Waals surface area (Å²) in [6.07, 6.45) is 0. The van der Waals surface area contributed by atoms with E-state index in [0.29, 0.717) is 24.2 Å². The number of rotatable bonds is 2. The zero-order valence-corrected chi connectivity index (χ0v) is 11.6. The van der Waals surface area contributed by atoms with Crippen molar-refractivity contribution in [1.29, 1.82) is 0 Å². The van der Waals surface area contributed by atoms with Gasteiger partial charge in [-0.1, -0.05) is 6.07 Å². The Morgan fingerprint density at radius 1 is 1.21 bits per heavy atom. The minimum Gasteiger partial charge on any atom is -0.355 e. The van der Waals surface area contributed by atoms with Crippen LogP contribution in [0.15, 0.2) is 24.3 Å². The number of amides is 2. The SMILES string of the molecule is CNC(=O)c1cccc(C(=O)N2CCNCC2)c1.Cl. The van der Waals surface area contributed by atoms with Crippen LogP contribution in [0.5, 0.6) is 0 Å². The van der Waals surface area contributed by atoms with E-state index in [1.165, 1.54) is 0 Å². The standard InChI is InChI=1S/C13H17N3O2.ClH/c1-14-12(17)10-3-2-4-11(9-10)13(18)16-7-5-15-6-8-16;/h2-4,9,15H,5-8H2,1H3,(H,14,17);1H. The molecule has 0 bridgehead atoms. The molecule has 2 amide bonds. The van der Waals surface area contributed by atoms with Crippen LogP contribution in [0.3, 0.4) is 0 Å². The second kappa shape index (κ2) is 7.11. The zero-order chi connectivity index (χ0) is 13.0. The van der Waals surface area contributed by atoms with Crippen LogP contribution in [-0.4, -0.2) is 49.9 Å². The van der Waals surface area contributed by atoms with Crippen molar-refractivity contribution in [2.75, 3.05) is 33.2 Å². The Morgan fingerprint density at radius 3 is 2.47 bits per heavy atom. The number of carbonyl (C=O) groups is 2. The molecule has 5 nitrogen and oxygen atoms in total. The normalized spacial score (nSPS) is 14.5. The Kier molecular flexibility index (Phi) is 5.79. The monoisotopic (exact) mass is 283 g/mol. The lowest BCUT2D eigenvalue weighted by Gasteiger charge is -2.27. The second-order valence-corrected chi connectivity index (χ2v) is 4.20. The summed E-state index contributed by atoms with van der Waals surface area (Å²) in [5, 5.41) is 5.75. The van der Waals surface area contributed by atoms with Gasteiger partial charge in [0.05, 0.1) is 0 Å². The van der Waals surface area contributed by atoms with Gasteiger partial charge >= 0.3 is 0 Å². The van der Waals surface area contributed by atoms with Gasteiger partial charge in [0.25, 0.3) is 11.8 Å². The van der Waals surface area contributed by atoms with E-state index in [9.17, 15) is 9.59 Å². The lowest BCUT2D eigenvalue weighted by atomic mass is 10.1. The minimum atomic E-state index is -0.176. The summed E-state index contributed by atoms with van der Waals surface area (Å²) in [4.78, 5) is 25.6. The Balaban J connectivity index is 0.00000180. The molecule has 19 heavy (non-hydrogen) atoms. The quantitative estimate of drug-likeness (QED) is 0.832. The smallest absolute Gasteiger partial charge is 0.253 e. The van der Waals surface area contributed by atoms with Crippen molar-refractivity contribution in [2.45, 2.75) is 0 Å². The number of halogens is 1. The fraction of sp³-hybridized carbons (Fsp3) is 0.385. The highest BCUT2D eigenvalue weighted by atomic mass is 35.5. The first-order chi connectivity index (χ1) is 8.72. The number of hydrogen-bond donors (Lipinski definition) is 2. The van der Waals surface area contributed by atoms with Gasteiger partial charge in [0.1, 0.15) is 0 Å². The average Bonchev–Trinajstić information content (AvgIpc) is 2.46. The summed E-state index contributed by atoms with van der Waals surface area (Å²) in [6.45, 7) is 3.06. The fourth-order valence-corrected chi connectivity index (χ4v) is 1.99. The van der Waals surface area contributed by atoms with E-state index in [1.54, 1.807) is 36.2 Å². The first-order valence-electron chi connectivity index (χ1n) is 6.04. The summed E-state index contributed by atoms with van der Waals surface area (Å²) in [5.74, 6) is -0.188. The van der Waals surface area contributed by atoms with Crippen LogP contribution in [-0.2, 0) is 0 Å². The van der Waals surface area contributed by atoms with E-state index in [-0.39, 0.29) is 24.2 Å². The van der Waals surface area contributed by atoms with Gasteiger partial charge in [0.15, 0.2) is 0 Å². The van der Waals surface area contributed by atoms with E-state index >= 15 is 0 Å². The molecule has 1 heterocycles. The fourth-order valence-electron chi connectivity index (χ4n) is 1.99. The zero-order valence-electron chi connectivity index (χ0n) is 10.8. The average molecular weight is 284 g/mol. The molecule has 0 aromatic heterocycles. The molecule has 2 N–H and O–H groups in total. The molecule has 1 fully saturated rings. The molecule has 0 unspecified atom stereocenters. The maximum absolute atomic E-state index is 12.2. The molecule has 6 heteroatoms. The minimum absolute atomic E-state index is 0. The Bertz CT molecular complexity index is 459. The largest absolute Gasteiger partial charge is 0.355 e. The highest BCUT2D eigenvalue weighted by Gasteiger charge is 2.18. The highest BCUT2D eigenvalue weighted by molar-refractivity contribution is 5.99. The number of nitrogens with one attached hydrogen (secondary N) is 2. The van der Waals surface area contributed by atoms with Crippen molar-refractivity contribution in [2.24, 2.45) is 0 Å². The number of carbonyl (C=O) groups excluding carboxylic acids is 2. The van der Waals surface area contributed by atoms with Crippen molar-refractivity contribution in [3.63, 3.8) is 0 Å². The van der Waals surface area contributed by atoms with Gasteiger partial charge in [0.2, 0.25) is 0 Å². The molecular weight excluding hydrogens is 266 g/mol. The number of nitrogens with zero attached hydrogens (tertiary/aromatic N) is 1. The molecule has 1 aliphatic heterocycles. The topological polar surface area (TPSA) is 61.4 Å². The molecule has 0 aliphatic carbocycles. The molecule has 0 spiro atoms. The molecule has 0 radical (unpaired) electrons. The van der Waals surface area contributed by atoms with Crippen LogP contribution >= 0.6 is 12.4 Å². The van der Waals surface area contributed by atoms with E-state index in [1.807, 2.05) is 0 Å². The maximum atomic E-state index is 12.2. The van der Waals surface area contributed by atoms with Crippen molar-refractivity contribution in [3.05, 3.63) is 35.4 Å². The van der Waals surface area contributed by atoms with Gasteiger partial charge in [-0.2, -0.15) is 0 Å². The van der Waals surface area contributed by atoms with Crippen molar-refractivity contribution in [1.82, 2.24) is 15.5 Å². The third kappa shape index (κ3) is 3.68. The molecular formula is C13H18ClN3O2. The van der Waals surface area contributed by atoms with E-state index < -0.39 is 0 Å². The summed E-state index contributed by atoms with van der Waals surface area (Å²) in [7, 11) is 1.58. The number of benzene rings is 1. The Hall–Kier alpha value is -1.59. The first-order valence-corrected chi connectivity index (χ1v) is 6.04. The van der Waals surface area contributed by atoms with E-state index in [4.69, 9.17) is 0 Å². The van der Waals surface area contributed by atoms with E-state index in [0.717, 1.165) is 13.1 Å². The molecule has 1 aromatic rings. The third-order valence-corrected chi connectivity index (χ3v) is 3.00. The predicted octanol–water partition coefficient (Wildman–Crippen LogP) is 0.513. The van der Waals surface area contributed by atoms with Crippen molar-refractivity contribution in [3.8, 4) is 0 Å². The predicted molar refractivity (Wildman–Crippen MR) is 75.9 cm³/mol. The first kappa shape index (κ1) is 15.5. The van der Waals surface area contributed by atoms with Crippen LogP contribution < -0.4 is 10.6 Å². The van der Waals surface area contributed by atoms with Crippen LogP contribution in [0.25, 0.3) is 0 Å². The molecule has 1 aliphatic rings. The second-order valence-electron chi connectivity index (χ2n) is 4.20. The molecule has 0 saturated carbocycles. The van der Waals surface area contributed by atoms with Crippen molar-refractivity contribution < 1.29 is 9.59 Å². The van der Waals surface area contributed by atoms with Gasteiger partial charge in [-0.25, -0.2) is 0 Å². The van der Waals surface area contributed by atoms with Crippen LogP contribution in [0, 0.1) is 0 Å². The van der Waals surface area contributed by atoms with Gasteiger partial charge in [0, 0.05) is 44.4 Å². The lowest BCUT2D eigenvalue weighted by molar-refractivity contribution is 0.0736. The molecule has 1 aromatic carbocycles. The third-order valence-electron chi connectivity index (χ3n) is 3.00. The van der Waals surface area contributed by atoms with Crippen molar-refractivity contribution >= 4 is 24.2 Å². The van der Waals surface area contributed by atoms with Crippen LogP contribution in [0.2, 0.25) is 0 Å². The molecule has 0 atom stereocenters. The number of hydrogen-bond acceptors (Lipinski definition) is 3. The number of piperazine rings is 1. The highest BCUT2D eigenvalue weighted by Crippen LogP contribution is 2.09. The van der Waals surface area contributed by atoms with Crippen LogP contribution in [0.1, 0.15) is 20.7 Å². The molecule has 104 valence electrons. The Labute approximate surface area is 118 Å². The van der Waals surface area contributed by atoms with Gasteiger partial charge in [-0.15, -0.1) is 12.4 Å². The summed E-state index contributed by atoms with van der Waals surface area (Å²) in [5.41, 5.74) is 1.08. The van der Waals surface area contributed by atoms with Gasteiger partial charge in [-0.3, -0.25) is 9.59 Å². The summed E-state index contributed by atoms with van der Waals surface area (Å²) < 4.78 is 0. The Morgan fingerprint density at radius 2 is 1.84 bits per heavy atom. The summed E-state index contributed by atoms with van der Waals surface area (Å²) in [6, 6.07) is 6.83. The summed E-state index contributed by atoms with van der Waals surface area (Å²) >= 11 is 0. The van der Waals surface area contributed by atoms with Crippen LogP contribution in [0.4, 0.5) is 0 Å². The van der Waals surface area contributed by atoms with Gasteiger partial charge in [-0.05, 0) is 18.2 Å². The van der Waals surface area contributed by atoms with E-state index in [2.05, 4.69) is 10.6 Å². The van der Waals surface area contributed by atoms with Gasteiger partial charge < -0.3 is 15.5 Å². The maximum Gasteiger partial charge on any atom is 0.253 e. The molecule has 2 rings (SSSR count). The molecule has 1 saturated heterocycles. The lowest BCUT2D eigenvalue weighted by Crippen LogP contribution is -2.46.